The van der Waals surface area contributed by atoms with E-state index < -0.39 is 6.04 Å². The van der Waals surface area contributed by atoms with Crippen LogP contribution in [-0.2, 0) is 9.59 Å². The van der Waals surface area contributed by atoms with E-state index in [2.05, 4.69) is 21.2 Å². The van der Waals surface area contributed by atoms with Crippen LogP contribution in [0.5, 0.6) is 5.75 Å². The van der Waals surface area contributed by atoms with Crippen molar-refractivity contribution in [2.24, 2.45) is 11.7 Å². The second kappa shape index (κ2) is 11.3. The van der Waals surface area contributed by atoms with Gasteiger partial charge in [0.25, 0.3) is 0 Å². The summed E-state index contributed by atoms with van der Waals surface area (Å²) in [6.45, 7) is 4.47. The van der Waals surface area contributed by atoms with Crippen molar-refractivity contribution in [3.8, 4) is 5.75 Å². The van der Waals surface area contributed by atoms with Crippen molar-refractivity contribution >= 4 is 40.2 Å². The molecule has 0 radical (unpaired) electrons. The van der Waals surface area contributed by atoms with E-state index in [4.69, 9.17) is 10.5 Å². The van der Waals surface area contributed by atoms with E-state index in [1.807, 2.05) is 38.1 Å². The summed E-state index contributed by atoms with van der Waals surface area (Å²) in [6, 6.07) is 6.86. The minimum Gasteiger partial charge on any atom is -0.492 e. The maximum Gasteiger partial charge on any atom is 0.241 e. The fourth-order valence-electron chi connectivity index (χ4n) is 1.67. The monoisotopic (exact) mass is 421 g/mol. The molecule has 1 aromatic rings. The lowest BCUT2D eigenvalue weighted by atomic mass is 10.1. The van der Waals surface area contributed by atoms with Gasteiger partial charge in [-0.2, -0.15) is 0 Å². The quantitative estimate of drug-likeness (QED) is 0.669. The van der Waals surface area contributed by atoms with Crippen LogP contribution in [0.2, 0.25) is 0 Å². The summed E-state index contributed by atoms with van der Waals surface area (Å²) in [6.07, 6.45) is 0. The molecule has 0 heterocycles. The van der Waals surface area contributed by atoms with Crippen molar-refractivity contribution in [3.63, 3.8) is 0 Å². The Bertz CT molecular complexity index is 526. The van der Waals surface area contributed by atoms with Crippen molar-refractivity contribution in [1.29, 1.82) is 0 Å². The van der Waals surface area contributed by atoms with Crippen LogP contribution < -0.4 is 15.8 Å². The summed E-state index contributed by atoms with van der Waals surface area (Å²) in [7, 11) is 1.67. The van der Waals surface area contributed by atoms with Crippen LogP contribution in [-0.4, -0.2) is 49.5 Å². The minimum absolute atomic E-state index is 0. The number of nitrogens with two attached hydrogens (primary N) is 1. The summed E-state index contributed by atoms with van der Waals surface area (Å²) < 4.78 is 6.53. The Morgan fingerprint density at radius 3 is 2.42 bits per heavy atom. The summed E-state index contributed by atoms with van der Waals surface area (Å²) in [5.74, 6) is 0.272. The van der Waals surface area contributed by atoms with Gasteiger partial charge in [-0.1, -0.05) is 29.8 Å². The fraction of sp³-hybridized carbons (Fsp3) is 0.500. The number of halogens is 2. The van der Waals surface area contributed by atoms with Gasteiger partial charge < -0.3 is 20.7 Å². The Kier molecular flexibility index (Phi) is 10.7. The third kappa shape index (κ3) is 7.99. The number of ether oxygens (including phenoxy) is 1. The third-order valence-electron chi connectivity index (χ3n) is 3.37. The van der Waals surface area contributed by atoms with Crippen LogP contribution in [0.1, 0.15) is 13.8 Å². The van der Waals surface area contributed by atoms with E-state index >= 15 is 0 Å². The van der Waals surface area contributed by atoms with Crippen LogP contribution in [0.25, 0.3) is 0 Å². The highest BCUT2D eigenvalue weighted by Crippen LogP contribution is 2.15. The number of amides is 2. The zero-order valence-electron chi connectivity index (χ0n) is 14.1. The molecule has 0 fully saturated rings. The summed E-state index contributed by atoms with van der Waals surface area (Å²) in [4.78, 5) is 25.2. The van der Waals surface area contributed by atoms with Gasteiger partial charge in [0.15, 0.2) is 0 Å². The molecule has 0 aliphatic carbocycles. The predicted octanol–water partition coefficient (Wildman–Crippen LogP) is 1.81. The van der Waals surface area contributed by atoms with Crippen molar-refractivity contribution in [3.05, 3.63) is 28.7 Å². The molecule has 8 heteroatoms. The molecule has 6 nitrogen and oxygen atoms in total. The molecule has 0 spiro atoms. The zero-order chi connectivity index (χ0) is 17.4. The number of hydrogen-bond donors (Lipinski definition) is 2. The normalized spacial score (nSPS) is 11.4. The zero-order valence-corrected chi connectivity index (χ0v) is 16.5. The van der Waals surface area contributed by atoms with Crippen LogP contribution in [0.15, 0.2) is 28.7 Å². The first-order valence-electron chi connectivity index (χ1n) is 7.47. The van der Waals surface area contributed by atoms with Gasteiger partial charge in [0.05, 0.1) is 19.1 Å². The van der Waals surface area contributed by atoms with Gasteiger partial charge in [0.2, 0.25) is 11.8 Å². The van der Waals surface area contributed by atoms with Crippen molar-refractivity contribution in [1.82, 2.24) is 10.2 Å². The Hall–Kier alpha value is -1.31. The average molecular weight is 423 g/mol. The minimum atomic E-state index is -0.603. The largest absolute Gasteiger partial charge is 0.492 e. The molecule has 0 saturated heterocycles. The number of benzene rings is 1. The molecule has 0 bridgehead atoms. The molecule has 1 atom stereocenters. The van der Waals surface area contributed by atoms with Crippen LogP contribution >= 0.6 is 28.3 Å². The highest BCUT2D eigenvalue weighted by atomic mass is 79.9. The molecule has 0 aromatic heterocycles. The standard InChI is InChI=1S/C16H24BrN3O3.ClH/c1-11(2)15(18)16(22)19-10-14(21)20(3)8-9-23-13-6-4-12(17)5-7-13;/h4-7,11,15H,8-10,18H2,1-3H3,(H,19,22);1H/t15-;/m0./s1. The first kappa shape index (κ1) is 22.7. The highest BCUT2D eigenvalue weighted by Gasteiger charge is 2.18. The summed E-state index contributed by atoms with van der Waals surface area (Å²) in [5, 5.41) is 2.56. The summed E-state index contributed by atoms with van der Waals surface area (Å²) >= 11 is 3.35. The van der Waals surface area contributed by atoms with E-state index in [1.165, 1.54) is 4.90 Å². The van der Waals surface area contributed by atoms with Gasteiger partial charge in [-0.25, -0.2) is 0 Å². The van der Waals surface area contributed by atoms with Gasteiger partial charge in [-0.05, 0) is 30.2 Å². The van der Waals surface area contributed by atoms with Crippen LogP contribution in [0, 0.1) is 5.92 Å². The van der Waals surface area contributed by atoms with Crippen molar-refractivity contribution in [2.75, 3.05) is 26.7 Å². The lowest BCUT2D eigenvalue weighted by Crippen LogP contribution is -2.47. The lowest BCUT2D eigenvalue weighted by molar-refractivity contribution is -0.132. The molecule has 1 rings (SSSR count). The van der Waals surface area contributed by atoms with Crippen molar-refractivity contribution in [2.45, 2.75) is 19.9 Å². The predicted molar refractivity (Wildman–Crippen MR) is 100 cm³/mol. The smallest absolute Gasteiger partial charge is 0.241 e. The van der Waals surface area contributed by atoms with Gasteiger partial charge in [-0.15, -0.1) is 12.4 Å². The molecule has 3 N–H and O–H groups in total. The molecule has 0 aliphatic heterocycles. The Balaban J connectivity index is 0.00000529. The van der Waals surface area contributed by atoms with E-state index in [1.54, 1.807) is 7.05 Å². The first-order valence-corrected chi connectivity index (χ1v) is 8.26. The number of nitrogens with one attached hydrogen (secondary N) is 1. The molecule has 0 unspecified atom stereocenters. The Labute approximate surface area is 157 Å². The lowest BCUT2D eigenvalue weighted by Gasteiger charge is -2.19. The van der Waals surface area contributed by atoms with Crippen LogP contribution in [0.3, 0.4) is 0 Å². The molecule has 1 aromatic carbocycles. The third-order valence-corrected chi connectivity index (χ3v) is 3.90. The molecule has 0 aliphatic rings. The molecular weight excluding hydrogens is 398 g/mol. The SMILES string of the molecule is CC(C)[C@H](N)C(=O)NCC(=O)N(C)CCOc1ccc(Br)cc1.Cl. The maximum atomic E-state index is 11.9. The Morgan fingerprint density at radius 1 is 1.29 bits per heavy atom. The second-order valence-corrected chi connectivity index (χ2v) is 6.52. The molecule has 0 saturated carbocycles. The number of hydrogen-bond acceptors (Lipinski definition) is 4. The van der Waals surface area contributed by atoms with E-state index in [-0.39, 0.29) is 36.7 Å². The van der Waals surface area contributed by atoms with E-state index in [9.17, 15) is 9.59 Å². The maximum absolute atomic E-state index is 11.9. The fourth-order valence-corrected chi connectivity index (χ4v) is 1.94. The average Bonchev–Trinajstić information content (AvgIpc) is 2.53. The highest BCUT2D eigenvalue weighted by molar-refractivity contribution is 9.10. The molecule has 136 valence electrons. The number of likely N-dealkylation sites (N-methyl/N-ethyl adjacent to an activating group) is 1. The van der Waals surface area contributed by atoms with E-state index in [0.29, 0.717) is 13.2 Å². The van der Waals surface area contributed by atoms with Gasteiger partial charge in [-0.3, -0.25) is 9.59 Å². The van der Waals surface area contributed by atoms with E-state index in [0.717, 1.165) is 10.2 Å². The molecular formula is C16H25BrClN3O3. The van der Waals surface area contributed by atoms with Gasteiger partial charge >= 0.3 is 0 Å². The van der Waals surface area contributed by atoms with Gasteiger partial charge in [0, 0.05) is 11.5 Å². The molecule has 24 heavy (non-hydrogen) atoms. The first-order chi connectivity index (χ1) is 10.8. The topological polar surface area (TPSA) is 84.7 Å². The number of carbonyl (C=O) groups is 2. The van der Waals surface area contributed by atoms with Gasteiger partial charge in [0.1, 0.15) is 12.4 Å². The Morgan fingerprint density at radius 2 is 1.88 bits per heavy atom. The number of carbonyl (C=O) groups excluding carboxylic acids is 2. The van der Waals surface area contributed by atoms with Crippen LogP contribution in [0.4, 0.5) is 0 Å². The second-order valence-electron chi connectivity index (χ2n) is 5.61. The number of nitrogens with zero attached hydrogens (tertiary/aromatic N) is 1. The number of rotatable bonds is 8. The summed E-state index contributed by atoms with van der Waals surface area (Å²) in [5.41, 5.74) is 5.72. The van der Waals surface area contributed by atoms with Crippen molar-refractivity contribution < 1.29 is 14.3 Å². The molecule has 2 amide bonds.